The number of phenols is 3. The maximum absolute atomic E-state index is 11.8. The smallest absolute Gasteiger partial charge is 0.223 e. The van der Waals surface area contributed by atoms with Crippen LogP contribution in [0.4, 0.5) is 0 Å². The van der Waals surface area contributed by atoms with Gasteiger partial charge in [0, 0.05) is 28.6 Å². The highest BCUT2D eigenvalue weighted by molar-refractivity contribution is 6.03. The van der Waals surface area contributed by atoms with E-state index in [1.165, 1.54) is 24.3 Å². The van der Waals surface area contributed by atoms with Crippen molar-refractivity contribution < 1.29 is 24.5 Å². The average Bonchev–Trinajstić information content (AvgIpc) is 2.64. The number of ether oxygens (including phenoxy) is 1. The summed E-state index contributed by atoms with van der Waals surface area (Å²) in [5.74, 6) is -0.0505. The molecule has 1 heterocycles. The lowest BCUT2D eigenvalue weighted by atomic mass is 9.93. The molecule has 1 aliphatic carbocycles. The van der Waals surface area contributed by atoms with Gasteiger partial charge >= 0.3 is 0 Å². The number of aromatic hydroxyl groups is 3. The van der Waals surface area contributed by atoms with Crippen LogP contribution in [0.15, 0.2) is 57.7 Å². The van der Waals surface area contributed by atoms with Crippen LogP contribution in [0.3, 0.4) is 0 Å². The van der Waals surface area contributed by atoms with E-state index in [0.717, 1.165) is 5.56 Å². The topological polar surface area (TPSA) is 100 Å². The molecule has 0 saturated carbocycles. The van der Waals surface area contributed by atoms with Crippen LogP contribution >= 0.6 is 0 Å². The molecule has 27 heavy (non-hydrogen) atoms. The van der Waals surface area contributed by atoms with E-state index >= 15 is 0 Å². The van der Waals surface area contributed by atoms with E-state index in [4.69, 9.17) is 9.15 Å². The number of hydrogen-bond donors (Lipinski definition) is 3. The summed E-state index contributed by atoms with van der Waals surface area (Å²) in [5, 5.41) is 30.2. The molecule has 0 atom stereocenters. The number of fused-ring (bicyclic) bond motifs is 2. The fourth-order valence-electron chi connectivity index (χ4n) is 3.13. The van der Waals surface area contributed by atoms with Gasteiger partial charge in [0.25, 0.3) is 0 Å². The van der Waals surface area contributed by atoms with Crippen LogP contribution in [-0.2, 0) is 0 Å². The monoisotopic (exact) mass is 364 g/mol. The molecule has 2 aromatic rings. The minimum Gasteiger partial charge on any atom is -0.504 e. The first kappa shape index (κ1) is 16.8. The molecule has 0 spiro atoms. The van der Waals surface area contributed by atoms with Crippen LogP contribution in [0.5, 0.6) is 23.0 Å². The van der Waals surface area contributed by atoms with Gasteiger partial charge in [-0.3, -0.25) is 4.79 Å². The van der Waals surface area contributed by atoms with Crippen molar-refractivity contribution in [2.24, 2.45) is 0 Å². The lowest BCUT2D eigenvalue weighted by molar-refractivity contribution is 0.340. The van der Waals surface area contributed by atoms with Crippen molar-refractivity contribution in [3.63, 3.8) is 0 Å². The van der Waals surface area contributed by atoms with Crippen molar-refractivity contribution in [1.82, 2.24) is 0 Å². The lowest BCUT2D eigenvalue weighted by Gasteiger charge is -2.16. The summed E-state index contributed by atoms with van der Waals surface area (Å²) in [6.07, 6.45) is 0. The van der Waals surface area contributed by atoms with Crippen molar-refractivity contribution in [2.75, 3.05) is 6.61 Å². The molecular formula is C21H16O6. The van der Waals surface area contributed by atoms with E-state index in [2.05, 4.69) is 0 Å². The highest BCUT2D eigenvalue weighted by atomic mass is 16.5. The third kappa shape index (κ3) is 2.81. The first-order valence-corrected chi connectivity index (χ1v) is 8.36. The molecule has 3 N–H and O–H groups in total. The van der Waals surface area contributed by atoms with Crippen molar-refractivity contribution in [1.29, 1.82) is 0 Å². The van der Waals surface area contributed by atoms with Crippen molar-refractivity contribution in [3.8, 4) is 45.4 Å². The summed E-state index contributed by atoms with van der Waals surface area (Å²) in [4.78, 5) is 11.8. The zero-order chi connectivity index (χ0) is 19.1. The van der Waals surface area contributed by atoms with Gasteiger partial charge in [-0.1, -0.05) is 12.1 Å². The van der Waals surface area contributed by atoms with Gasteiger partial charge in [0.05, 0.1) is 6.61 Å². The summed E-state index contributed by atoms with van der Waals surface area (Å²) in [6.45, 7) is 2.44. The fraction of sp³-hybridized carbons (Fsp3) is 0.0952. The largest absolute Gasteiger partial charge is 0.504 e. The Morgan fingerprint density at radius 2 is 1.63 bits per heavy atom. The van der Waals surface area contributed by atoms with E-state index in [1.54, 1.807) is 0 Å². The molecule has 2 aliphatic rings. The van der Waals surface area contributed by atoms with E-state index < -0.39 is 11.2 Å². The first-order chi connectivity index (χ1) is 13.0. The fourth-order valence-corrected chi connectivity index (χ4v) is 3.13. The first-order valence-electron chi connectivity index (χ1n) is 8.36. The van der Waals surface area contributed by atoms with E-state index in [-0.39, 0.29) is 17.3 Å². The van der Waals surface area contributed by atoms with Crippen LogP contribution in [0.25, 0.3) is 33.4 Å². The standard InChI is InChI=1S/C21H16O6/c1-2-26-12-5-3-11(4-6-12)21-13-7-15(22)17(24)9-19(13)27-20-10-18(25)16(23)8-14(20)21/h3-10,22-24H,2H2,1H3. The number of benzene rings is 3. The summed E-state index contributed by atoms with van der Waals surface area (Å²) in [5.41, 5.74) is 1.67. The van der Waals surface area contributed by atoms with Gasteiger partial charge in [-0.05, 0) is 36.8 Å². The maximum atomic E-state index is 11.8. The molecule has 0 radical (unpaired) electrons. The summed E-state index contributed by atoms with van der Waals surface area (Å²) >= 11 is 0. The van der Waals surface area contributed by atoms with Crippen LogP contribution in [-0.4, -0.2) is 21.9 Å². The zero-order valence-corrected chi connectivity index (χ0v) is 14.4. The number of rotatable bonds is 3. The van der Waals surface area contributed by atoms with E-state index in [0.29, 0.717) is 34.5 Å². The third-order valence-electron chi connectivity index (χ3n) is 4.35. The molecule has 0 unspecified atom stereocenters. The van der Waals surface area contributed by atoms with E-state index in [1.807, 2.05) is 31.2 Å². The molecule has 2 aromatic carbocycles. The SMILES string of the molecule is CCOc1ccc(-c2c3cc(O)c(=O)cc-3oc3cc(O)c(O)cc23)cc1. The van der Waals surface area contributed by atoms with Gasteiger partial charge in [0.15, 0.2) is 17.2 Å². The van der Waals surface area contributed by atoms with Gasteiger partial charge in [-0.2, -0.15) is 0 Å². The molecule has 136 valence electrons. The van der Waals surface area contributed by atoms with Gasteiger partial charge < -0.3 is 24.5 Å². The Balaban J connectivity index is 2.09. The molecule has 1 aliphatic heterocycles. The molecule has 0 amide bonds. The van der Waals surface area contributed by atoms with Crippen LogP contribution in [0.2, 0.25) is 0 Å². The normalized spacial score (nSPS) is 11.1. The minimum absolute atomic E-state index is 0.263. The predicted octanol–water partition coefficient (Wildman–Crippen LogP) is 4.08. The lowest BCUT2D eigenvalue weighted by Crippen LogP contribution is -2.01. The maximum Gasteiger partial charge on any atom is 0.223 e. The Labute approximate surface area is 153 Å². The van der Waals surface area contributed by atoms with Crippen molar-refractivity contribution in [3.05, 3.63) is 58.8 Å². The second kappa shape index (κ2) is 6.25. The molecule has 0 fully saturated rings. The Hall–Kier alpha value is -3.67. The van der Waals surface area contributed by atoms with Crippen LogP contribution in [0, 0.1) is 0 Å². The van der Waals surface area contributed by atoms with E-state index in [9.17, 15) is 20.1 Å². The van der Waals surface area contributed by atoms with Crippen molar-refractivity contribution >= 4 is 11.0 Å². The Morgan fingerprint density at radius 1 is 0.926 bits per heavy atom. The number of hydrogen-bond acceptors (Lipinski definition) is 6. The predicted molar refractivity (Wildman–Crippen MR) is 101 cm³/mol. The molecule has 0 bridgehead atoms. The summed E-state index contributed by atoms with van der Waals surface area (Å²) in [6, 6.07) is 12.5. The zero-order valence-electron chi connectivity index (χ0n) is 14.4. The molecule has 6 nitrogen and oxygen atoms in total. The molecule has 6 heteroatoms. The number of phenolic OH excluding ortho intramolecular Hbond substituents is 3. The molecule has 4 rings (SSSR count). The Morgan fingerprint density at radius 3 is 2.33 bits per heavy atom. The third-order valence-corrected chi connectivity index (χ3v) is 4.35. The Kier molecular flexibility index (Phi) is 3.88. The van der Waals surface area contributed by atoms with Crippen molar-refractivity contribution in [2.45, 2.75) is 6.92 Å². The minimum atomic E-state index is -0.564. The highest BCUT2D eigenvalue weighted by Crippen LogP contribution is 2.44. The second-order valence-corrected chi connectivity index (χ2v) is 6.09. The molecular weight excluding hydrogens is 348 g/mol. The second-order valence-electron chi connectivity index (χ2n) is 6.09. The van der Waals surface area contributed by atoms with Crippen LogP contribution < -0.4 is 10.2 Å². The summed E-state index contributed by atoms with van der Waals surface area (Å²) < 4.78 is 11.2. The Bertz CT molecular complexity index is 1170. The average molecular weight is 364 g/mol. The van der Waals surface area contributed by atoms with Crippen LogP contribution in [0.1, 0.15) is 6.92 Å². The quantitative estimate of drug-likeness (QED) is 0.374. The molecule has 0 saturated heterocycles. The van der Waals surface area contributed by atoms with Gasteiger partial charge in [0.2, 0.25) is 5.43 Å². The summed E-state index contributed by atoms with van der Waals surface area (Å²) in [7, 11) is 0. The molecule has 0 aromatic heterocycles. The van der Waals surface area contributed by atoms with Gasteiger partial charge in [-0.15, -0.1) is 0 Å². The highest BCUT2D eigenvalue weighted by Gasteiger charge is 2.20. The van der Waals surface area contributed by atoms with Gasteiger partial charge in [-0.25, -0.2) is 0 Å². The van der Waals surface area contributed by atoms with Gasteiger partial charge in [0.1, 0.15) is 17.1 Å².